The van der Waals surface area contributed by atoms with Crippen LogP contribution in [0.5, 0.6) is 0 Å². The summed E-state index contributed by atoms with van der Waals surface area (Å²) in [6, 6.07) is 7.25. The molecule has 110 valence electrons. The van der Waals surface area contributed by atoms with Crippen LogP contribution in [0.25, 0.3) is 0 Å². The van der Waals surface area contributed by atoms with Crippen molar-refractivity contribution in [2.75, 3.05) is 0 Å². The van der Waals surface area contributed by atoms with E-state index in [9.17, 15) is 9.59 Å². The van der Waals surface area contributed by atoms with Gasteiger partial charge in [0.25, 0.3) is 11.5 Å². The minimum Gasteiger partial charge on any atom is -0.392 e. The lowest BCUT2D eigenvalue weighted by molar-refractivity contribution is 0.0948. The van der Waals surface area contributed by atoms with Gasteiger partial charge in [0.15, 0.2) is 0 Å². The molecule has 1 aromatic carbocycles. The van der Waals surface area contributed by atoms with E-state index in [2.05, 4.69) is 15.5 Å². The quantitative estimate of drug-likeness (QED) is 0.775. The highest BCUT2D eigenvalue weighted by atomic mass is 16.3. The molecule has 2 rings (SSSR count). The van der Waals surface area contributed by atoms with Crippen molar-refractivity contribution in [2.45, 2.75) is 27.0 Å². The average molecular weight is 287 g/mol. The van der Waals surface area contributed by atoms with Crippen LogP contribution >= 0.6 is 0 Å². The summed E-state index contributed by atoms with van der Waals surface area (Å²) in [5.41, 5.74) is 2.40. The number of hydrogen-bond acceptors (Lipinski definition) is 4. The Morgan fingerprint density at radius 3 is 2.76 bits per heavy atom. The normalized spacial score (nSPS) is 10.4. The van der Waals surface area contributed by atoms with Crippen LogP contribution < -0.4 is 10.9 Å². The first-order valence-corrected chi connectivity index (χ1v) is 6.55. The van der Waals surface area contributed by atoms with Crippen LogP contribution in [0.15, 0.2) is 29.1 Å². The summed E-state index contributed by atoms with van der Waals surface area (Å²) in [4.78, 5) is 23.9. The Labute approximate surface area is 121 Å². The zero-order valence-corrected chi connectivity index (χ0v) is 11.9. The lowest BCUT2D eigenvalue weighted by Crippen LogP contribution is -2.31. The maximum Gasteiger partial charge on any atom is 0.277 e. The van der Waals surface area contributed by atoms with E-state index in [0.717, 1.165) is 11.1 Å². The fourth-order valence-electron chi connectivity index (χ4n) is 2.01. The summed E-state index contributed by atoms with van der Waals surface area (Å²) in [7, 11) is 0. The van der Waals surface area contributed by atoms with E-state index in [1.807, 2.05) is 12.1 Å². The van der Waals surface area contributed by atoms with Crippen molar-refractivity contribution in [3.63, 3.8) is 0 Å². The van der Waals surface area contributed by atoms with Gasteiger partial charge in [-0.25, -0.2) is 5.10 Å². The third-order valence-corrected chi connectivity index (χ3v) is 3.32. The summed E-state index contributed by atoms with van der Waals surface area (Å²) < 4.78 is 0. The molecule has 0 aliphatic heterocycles. The van der Waals surface area contributed by atoms with Crippen LogP contribution in [0, 0.1) is 13.8 Å². The van der Waals surface area contributed by atoms with Gasteiger partial charge in [0.05, 0.1) is 12.3 Å². The van der Waals surface area contributed by atoms with Crippen LogP contribution in [0.4, 0.5) is 0 Å². The smallest absolute Gasteiger partial charge is 0.277 e. The number of carbonyl (C=O) groups is 1. The number of aliphatic hydroxyl groups is 1. The first kappa shape index (κ1) is 14.9. The molecule has 6 nitrogen and oxygen atoms in total. The van der Waals surface area contributed by atoms with E-state index < -0.39 is 11.5 Å². The van der Waals surface area contributed by atoms with Crippen molar-refractivity contribution in [3.8, 4) is 0 Å². The van der Waals surface area contributed by atoms with Gasteiger partial charge in [-0.05, 0) is 30.5 Å². The number of hydrogen-bond donors (Lipinski definition) is 3. The fraction of sp³-hybridized carbons (Fsp3) is 0.267. The lowest BCUT2D eigenvalue weighted by atomic mass is 10.1. The van der Waals surface area contributed by atoms with Crippen molar-refractivity contribution in [2.24, 2.45) is 0 Å². The Balaban J connectivity index is 2.16. The Morgan fingerprint density at radius 2 is 2.05 bits per heavy atom. The number of H-pyrrole nitrogens is 1. The van der Waals surface area contributed by atoms with Gasteiger partial charge >= 0.3 is 0 Å². The van der Waals surface area contributed by atoms with Gasteiger partial charge in [0, 0.05) is 6.54 Å². The molecule has 0 spiro atoms. The molecule has 0 aliphatic carbocycles. The minimum absolute atomic E-state index is 0.0515. The third kappa shape index (κ3) is 3.35. The van der Waals surface area contributed by atoms with Gasteiger partial charge in [-0.1, -0.05) is 24.3 Å². The second kappa shape index (κ2) is 6.32. The van der Waals surface area contributed by atoms with Gasteiger partial charge in [0.2, 0.25) is 0 Å². The average Bonchev–Trinajstić information content (AvgIpc) is 2.49. The van der Waals surface area contributed by atoms with Gasteiger partial charge in [-0.15, -0.1) is 0 Å². The van der Waals surface area contributed by atoms with Gasteiger partial charge in [-0.3, -0.25) is 9.59 Å². The summed E-state index contributed by atoms with van der Waals surface area (Å²) >= 11 is 0. The van der Waals surface area contributed by atoms with E-state index in [4.69, 9.17) is 5.11 Å². The van der Waals surface area contributed by atoms with Crippen molar-refractivity contribution >= 4 is 5.91 Å². The molecular formula is C15H17N3O3. The Bertz CT molecular complexity index is 722. The molecule has 0 radical (unpaired) electrons. The Hall–Kier alpha value is -2.47. The highest BCUT2D eigenvalue weighted by Gasteiger charge is 2.15. The van der Waals surface area contributed by atoms with Crippen molar-refractivity contribution in [1.29, 1.82) is 0 Å². The van der Waals surface area contributed by atoms with E-state index in [-0.39, 0.29) is 18.7 Å². The molecule has 0 atom stereocenters. The first-order valence-electron chi connectivity index (χ1n) is 6.55. The van der Waals surface area contributed by atoms with E-state index in [1.54, 1.807) is 26.0 Å². The van der Waals surface area contributed by atoms with Gasteiger partial charge in [0.1, 0.15) is 5.56 Å². The molecule has 1 heterocycles. The number of carbonyl (C=O) groups excluding carboxylic acids is 1. The monoisotopic (exact) mass is 287 g/mol. The van der Waals surface area contributed by atoms with E-state index in [0.29, 0.717) is 11.3 Å². The molecule has 0 saturated heterocycles. The predicted octanol–water partition coefficient (Wildman–Crippen LogP) is 0.809. The number of aliphatic hydroxyl groups excluding tert-OH is 1. The number of aromatic amines is 1. The van der Waals surface area contributed by atoms with Crippen molar-refractivity contribution < 1.29 is 9.90 Å². The molecule has 0 fully saturated rings. The highest BCUT2D eigenvalue weighted by molar-refractivity contribution is 5.95. The summed E-state index contributed by atoms with van der Waals surface area (Å²) in [6.07, 6.45) is 0. The van der Waals surface area contributed by atoms with Gasteiger partial charge in [-0.2, -0.15) is 5.10 Å². The second-order valence-corrected chi connectivity index (χ2v) is 4.80. The summed E-state index contributed by atoms with van der Waals surface area (Å²) in [5.74, 6) is -0.436. The molecule has 6 heteroatoms. The molecule has 0 unspecified atom stereocenters. The molecule has 21 heavy (non-hydrogen) atoms. The largest absolute Gasteiger partial charge is 0.392 e. The molecule has 3 N–H and O–H groups in total. The van der Waals surface area contributed by atoms with E-state index >= 15 is 0 Å². The maximum atomic E-state index is 12.2. The van der Waals surface area contributed by atoms with Crippen LogP contribution in [0.2, 0.25) is 0 Å². The first-order chi connectivity index (χ1) is 10.0. The minimum atomic E-state index is -0.500. The number of aromatic nitrogens is 2. The zero-order chi connectivity index (χ0) is 15.4. The third-order valence-electron chi connectivity index (χ3n) is 3.32. The van der Waals surface area contributed by atoms with Crippen LogP contribution in [-0.2, 0) is 13.2 Å². The fourth-order valence-corrected chi connectivity index (χ4v) is 2.01. The standard InChI is InChI=1S/C15H17N3O3/c1-9-10(2)17-18-15(21)13(9)14(20)16-7-11-4-3-5-12(6-11)8-19/h3-6,19H,7-8H2,1-2H3,(H,16,20)(H,18,21). The van der Waals surface area contributed by atoms with E-state index in [1.165, 1.54) is 0 Å². The summed E-state index contributed by atoms with van der Waals surface area (Å²) in [6.45, 7) is 3.66. The van der Waals surface area contributed by atoms with Gasteiger partial charge < -0.3 is 10.4 Å². The number of benzene rings is 1. The Kier molecular flexibility index (Phi) is 4.49. The molecule has 1 amide bonds. The molecule has 1 aromatic heterocycles. The number of nitrogens with zero attached hydrogens (tertiary/aromatic N) is 1. The topological polar surface area (TPSA) is 95.1 Å². The number of nitrogens with one attached hydrogen (secondary N) is 2. The summed E-state index contributed by atoms with van der Waals surface area (Å²) in [5, 5.41) is 17.9. The lowest BCUT2D eigenvalue weighted by Gasteiger charge is -2.08. The molecule has 0 saturated carbocycles. The SMILES string of the molecule is Cc1n[nH]c(=O)c(C(=O)NCc2cccc(CO)c2)c1C. The molecule has 0 bridgehead atoms. The zero-order valence-electron chi connectivity index (χ0n) is 11.9. The number of aryl methyl sites for hydroxylation is 1. The molecule has 2 aromatic rings. The maximum absolute atomic E-state index is 12.2. The number of rotatable bonds is 4. The van der Waals surface area contributed by atoms with Crippen molar-refractivity contribution in [3.05, 3.63) is 62.6 Å². The molecule has 0 aliphatic rings. The highest BCUT2D eigenvalue weighted by Crippen LogP contribution is 2.07. The molecular weight excluding hydrogens is 270 g/mol. The van der Waals surface area contributed by atoms with Crippen LogP contribution in [-0.4, -0.2) is 21.2 Å². The Morgan fingerprint density at radius 1 is 1.33 bits per heavy atom. The second-order valence-electron chi connectivity index (χ2n) is 4.80. The number of amides is 1. The van der Waals surface area contributed by atoms with Crippen LogP contribution in [0.1, 0.15) is 32.7 Å². The van der Waals surface area contributed by atoms with Crippen molar-refractivity contribution in [1.82, 2.24) is 15.5 Å². The van der Waals surface area contributed by atoms with Crippen LogP contribution in [0.3, 0.4) is 0 Å². The predicted molar refractivity (Wildman–Crippen MR) is 77.9 cm³/mol.